The monoisotopic (exact) mass is 840 g/mol. The van der Waals surface area contributed by atoms with Crippen molar-refractivity contribution in [2.45, 2.75) is 0 Å². The highest BCUT2D eigenvalue weighted by atomic mass is 28.3. The minimum atomic E-state index is -2.62. The molecule has 1 heteroatoms. The normalized spacial score (nSPS) is 11.7. The lowest BCUT2D eigenvalue weighted by molar-refractivity contribution is 1.61. The second kappa shape index (κ2) is 16.2. The van der Waals surface area contributed by atoms with Gasteiger partial charge < -0.3 is 0 Å². The van der Waals surface area contributed by atoms with Gasteiger partial charge in [0, 0.05) is 0 Å². The number of benzene rings is 12. The van der Waals surface area contributed by atoms with Crippen LogP contribution in [0.4, 0.5) is 0 Å². The average molecular weight is 841 g/mol. The maximum absolute atomic E-state index is 2.62. The van der Waals surface area contributed by atoms with Crippen molar-refractivity contribution < 1.29 is 0 Å². The van der Waals surface area contributed by atoms with Crippen molar-refractivity contribution in [3.63, 3.8) is 0 Å². The summed E-state index contributed by atoms with van der Waals surface area (Å²) in [7, 11) is -2.62. The Balaban J connectivity index is 0.948. The first kappa shape index (κ1) is 38.6. The summed E-state index contributed by atoms with van der Waals surface area (Å²) >= 11 is 0. The Morgan fingerprint density at radius 3 is 1.18 bits per heavy atom. The Labute approximate surface area is 381 Å². The molecule has 0 unspecified atom stereocenters. The second-order valence-electron chi connectivity index (χ2n) is 17.2. The Hall–Kier alpha value is -8.10. The van der Waals surface area contributed by atoms with E-state index in [0.717, 1.165) is 0 Å². The zero-order chi connectivity index (χ0) is 43.2. The van der Waals surface area contributed by atoms with Crippen molar-refractivity contribution in [2.24, 2.45) is 0 Å². The molecule has 0 heterocycles. The molecule has 0 saturated carbocycles. The molecule has 12 aromatic carbocycles. The first-order chi connectivity index (χ1) is 32.2. The Bertz CT molecular complexity index is 3530. The predicted octanol–water partition coefficient (Wildman–Crippen LogP) is 14.3. The summed E-state index contributed by atoms with van der Waals surface area (Å²) in [5, 5.41) is 15.6. The molecule has 0 spiro atoms. The van der Waals surface area contributed by atoms with Gasteiger partial charge >= 0.3 is 0 Å². The Kier molecular flexibility index (Phi) is 9.63. The third kappa shape index (κ3) is 6.60. The largest absolute Gasteiger partial charge is 0.179 e. The van der Waals surface area contributed by atoms with Crippen LogP contribution in [0.3, 0.4) is 0 Å². The molecule has 304 valence electrons. The van der Waals surface area contributed by atoms with Crippen molar-refractivity contribution in [1.29, 1.82) is 0 Å². The highest BCUT2D eigenvalue weighted by Gasteiger charge is 2.41. The van der Waals surface area contributed by atoms with E-state index in [1.807, 2.05) is 0 Å². The summed E-state index contributed by atoms with van der Waals surface area (Å²) in [6, 6.07) is 99.2. The van der Waals surface area contributed by atoms with Crippen molar-refractivity contribution in [3.05, 3.63) is 267 Å². The molecule has 0 nitrogen and oxygen atoms in total. The van der Waals surface area contributed by atoms with Crippen molar-refractivity contribution >= 4 is 71.9 Å². The molecule has 0 aliphatic carbocycles. The first-order valence-corrected chi connectivity index (χ1v) is 24.6. The molecule has 0 aliphatic rings. The van der Waals surface area contributed by atoms with Gasteiger partial charge in [-0.1, -0.05) is 255 Å². The third-order valence-corrected chi connectivity index (χ3v) is 18.4. The molecular formula is C64H44Si. The fraction of sp³-hybridized carbons (Fsp3) is 0. The molecule has 0 saturated heterocycles. The van der Waals surface area contributed by atoms with Crippen LogP contribution < -0.4 is 20.7 Å². The van der Waals surface area contributed by atoms with Crippen LogP contribution >= 0.6 is 0 Å². The van der Waals surface area contributed by atoms with Gasteiger partial charge in [0.1, 0.15) is 0 Å². The van der Waals surface area contributed by atoms with Gasteiger partial charge in [0.15, 0.2) is 8.07 Å². The zero-order valence-corrected chi connectivity index (χ0v) is 36.9. The molecule has 0 atom stereocenters. The Morgan fingerprint density at radius 1 is 0.200 bits per heavy atom. The zero-order valence-electron chi connectivity index (χ0n) is 35.9. The van der Waals surface area contributed by atoms with Crippen molar-refractivity contribution in [3.8, 4) is 44.5 Å². The topological polar surface area (TPSA) is 0 Å². The third-order valence-electron chi connectivity index (χ3n) is 13.6. The second-order valence-corrected chi connectivity index (χ2v) is 21.0. The predicted molar refractivity (Wildman–Crippen MR) is 282 cm³/mol. The quantitative estimate of drug-likeness (QED) is 0.0812. The van der Waals surface area contributed by atoms with E-state index in [1.165, 1.54) is 108 Å². The van der Waals surface area contributed by atoms with Crippen molar-refractivity contribution in [1.82, 2.24) is 0 Å². The SMILES string of the molecule is c1ccc([Si](c2ccccc2)(c2ccccc2)c2ccc3cc(-c4ccc(-c5c6ccccc6c(-c6ccccc6-c6ccc7ccccc7c6)c6ccccc56)cc4)ccc3c2)cc1. The summed E-state index contributed by atoms with van der Waals surface area (Å²) in [4.78, 5) is 0. The van der Waals surface area contributed by atoms with Gasteiger partial charge in [-0.05, 0) is 120 Å². The molecule has 0 radical (unpaired) electrons. The molecular weight excluding hydrogens is 797 g/mol. The van der Waals surface area contributed by atoms with Gasteiger partial charge in [0.25, 0.3) is 0 Å². The maximum Gasteiger partial charge on any atom is 0.179 e. The lowest BCUT2D eigenvalue weighted by Gasteiger charge is -2.34. The Morgan fingerprint density at radius 2 is 0.585 bits per heavy atom. The van der Waals surface area contributed by atoms with E-state index in [4.69, 9.17) is 0 Å². The van der Waals surface area contributed by atoms with E-state index in [2.05, 4.69) is 267 Å². The fourth-order valence-corrected chi connectivity index (χ4v) is 15.4. The standard InChI is InChI=1S/C64H44Si/c1-4-20-53(21-5-1)65(54-22-6-2-7-23-54,55-24-8-3-9-25-55)56-41-40-50-42-49(37-38-51(50)44-56)46-32-35-47(36-33-46)63-59-28-14-16-30-61(59)64(62-31-17-15-29-60(62)63)58-27-13-12-26-57(58)52-39-34-45-18-10-11-19-48(45)43-52/h1-44H. The maximum atomic E-state index is 2.46. The smallest absolute Gasteiger partial charge is 0.0623 e. The highest BCUT2D eigenvalue weighted by molar-refractivity contribution is 7.20. The van der Waals surface area contributed by atoms with E-state index < -0.39 is 8.07 Å². The molecule has 0 aliphatic heterocycles. The number of hydrogen-bond donors (Lipinski definition) is 0. The fourth-order valence-electron chi connectivity index (χ4n) is 10.6. The number of fused-ring (bicyclic) bond motifs is 4. The number of rotatable bonds is 8. The van der Waals surface area contributed by atoms with Crippen molar-refractivity contribution in [2.75, 3.05) is 0 Å². The van der Waals surface area contributed by atoms with Crippen LogP contribution in [0.1, 0.15) is 0 Å². The van der Waals surface area contributed by atoms with E-state index in [1.54, 1.807) is 0 Å². The molecule has 0 bridgehead atoms. The minimum Gasteiger partial charge on any atom is -0.0623 e. The summed E-state index contributed by atoms with van der Waals surface area (Å²) < 4.78 is 0. The highest BCUT2D eigenvalue weighted by Crippen LogP contribution is 2.46. The molecule has 12 aromatic rings. The van der Waals surface area contributed by atoms with Gasteiger partial charge in [-0.25, -0.2) is 0 Å². The van der Waals surface area contributed by atoms with Gasteiger partial charge in [-0.3, -0.25) is 0 Å². The van der Waals surface area contributed by atoms with E-state index in [9.17, 15) is 0 Å². The van der Waals surface area contributed by atoms with Gasteiger partial charge in [0.2, 0.25) is 0 Å². The summed E-state index contributed by atoms with van der Waals surface area (Å²) in [5.74, 6) is 0. The van der Waals surface area contributed by atoms with Crippen LogP contribution in [0.15, 0.2) is 267 Å². The van der Waals surface area contributed by atoms with Crippen LogP contribution in [0.25, 0.3) is 87.6 Å². The van der Waals surface area contributed by atoms with Gasteiger partial charge in [-0.15, -0.1) is 0 Å². The summed E-state index contributed by atoms with van der Waals surface area (Å²) in [6.45, 7) is 0. The van der Waals surface area contributed by atoms with E-state index in [-0.39, 0.29) is 0 Å². The van der Waals surface area contributed by atoms with Crippen LogP contribution in [0.5, 0.6) is 0 Å². The van der Waals surface area contributed by atoms with E-state index in [0.29, 0.717) is 0 Å². The summed E-state index contributed by atoms with van der Waals surface area (Å²) in [6.07, 6.45) is 0. The van der Waals surface area contributed by atoms with Crippen LogP contribution in [0, 0.1) is 0 Å². The van der Waals surface area contributed by atoms with Crippen LogP contribution in [-0.4, -0.2) is 8.07 Å². The lowest BCUT2D eigenvalue weighted by Crippen LogP contribution is -2.74. The number of hydrogen-bond acceptors (Lipinski definition) is 0. The molecule has 65 heavy (non-hydrogen) atoms. The van der Waals surface area contributed by atoms with Gasteiger partial charge in [-0.2, -0.15) is 0 Å². The molecule has 12 rings (SSSR count). The average Bonchev–Trinajstić information content (AvgIpc) is 3.39. The van der Waals surface area contributed by atoms with Crippen LogP contribution in [-0.2, 0) is 0 Å². The minimum absolute atomic E-state index is 1.20. The van der Waals surface area contributed by atoms with Gasteiger partial charge in [0.05, 0.1) is 0 Å². The molecule has 0 N–H and O–H groups in total. The van der Waals surface area contributed by atoms with E-state index >= 15 is 0 Å². The molecule has 0 aromatic heterocycles. The van der Waals surface area contributed by atoms with Crippen LogP contribution in [0.2, 0.25) is 0 Å². The first-order valence-electron chi connectivity index (χ1n) is 22.6. The molecule has 0 fully saturated rings. The summed E-state index contributed by atoms with van der Waals surface area (Å²) in [5.41, 5.74) is 9.88. The lowest BCUT2D eigenvalue weighted by atomic mass is 9.83. The molecule has 0 amide bonds.